The van der Waals surface area contributed by atoms with Gasteiger partial charge in [-0.25, -0.2) is 8.42 Å². The molecule has 0 bridgehead atoms. The van der Waals surface area contributed by atoms with E-state index in [0.29, 0.717) is 0 Å². The molecule has 20 heavy (non-hydrogen) atoms. The fraction of sp³-hybridized carbons (Fsp3) is 0.385. The second-order valence-corrected chi connectivity index (χ2v) is 6.73. The first kappa shape index (κ1) is 15.1. The average molecular weight is 305 g/mol. The predicted octanol–water partition coefficient (Wildman–Crippen LogP) is 2.83. The summed E-state index contributed by atoms with van der Waals surface area (Å²) >= 11 is 0. The zero-order valence-corrected chi connectivity index (χ0v) is 11.8. The van der Waals surface area contributed by atoms with Crippen molar-refractivity contribution in [3.63, 3.8) is 0 Å². The van der Waals surface area contributed by atoms with Crippen molar-refractivity contribution in [3.8, 4) is 0 Å². The molecule has 3 nitrogen and oxygen atoms in total. The average Bonchev–Trinajstić information content (AvgIpc) is 2.59. The van der Waals surface area contributed by atoms with E-state index in [1.54, 1.807) is 14.0 Å². The SMILES string of the molecule is CNC(C)CC1=Cc2cc(C(F)(F)F)ccc2S1(=O)=O. The van der Waals surface area contributed by atoms with Gasteiger partial charge in [0.15, 0.2) is 0 Å². The van der Waals surface area contributed by atoms with Gasteiger partial charge in [0, 0.05) is 6.04 Å². The molecule has 1 unspecified atom stereocenters. The first-order chi connectivity index (χ1) is 9.16. The van der Waals surface area contributed by atoms with Crippen LogP contribution in [0.3, 0.4) is 0 Å². The Balaban J connectivity index is 2.46. The molecule has 1 aromatic carbocycles. The molecule has 0 amide bonds. The summed E-state index contributed by atoms with van der Waals surface area (Å²) < 4.78 is 62.3. The minimum absolute atomic E-state index is 0.0520. The highest BCUT2D eigenvalue weighted by atomic mass is 32.2. The Morgan fingerprint density at radius 1 is 1.30 bits per heavy atom. The number of nitrogens with one attached hydrogen (secondary N) is 1. The van der Waals surface area contributed by atoms with Crippen LogP contribution in [0, 0.1) is 0 Å². The molecule has 0 spiro atoms. The standard InChI is InChI=1S/C13H14F3NO2S/c1-8(17-2)5-11-7-9-6-10(13(14,15)16)3-4-12(9)20(11,18)19/h3-4,6-8,17H,5H2,1-2H3. The number of hydrogen-bond acceptors (Lipinski definition) is 3. The Morgan fingerprint density at radius 2 is 1.95 bits per heavy atom. The van der Waals surface area contributed by atoms with Crippen molar-refractivity contribution >= 4 is 15.9 Å². The van der Waals surface area contributed by atoms with E-state index in [-0.39, 0.29) is 27.8 Å². The summed E-state index contributed by atoms with van der Waals surface area (Å²) in [5.74, 6) is 0. The van der Waals surface area contributed by atoms with E-state index >= 15 is 0 Å². The third-order valence-electron chi connectivity index (χ3n) is 3.29. The molecule has 1 heterocycles. The number of fused-ring (bicyclic) bond motifs is 1. The van der Waals surface area contributed by atoms with Crippen LogP contribution < -0.4 is 5.32 Å². The molecular formula is C13H14F3NO2S. The van der Waals surface area contributed by atoms with Crippen LogP contribution in [0.1, 0.15) is 24.5 Å². The molecule has 0 saturated heterocycles. The Kier molecular flexibility index (Phi) is 3.68. The maximum atomic E-state index is 12.6. The van der Waals surface area contributed by atoms with Gasteiger partial charge in [0.2, 0.25) is 9.84 Å². The minimum Gasteiger partial charge on any atom is -0.317 e. The lowest BCUT2D eigenvalue weighted by molar-refractivity contribution is -0.137. The second kappa shape index (κ2) is 4.89. The quantitative estimate of drug-likeness (QED) is 0.934. The van der Waals surface area contributed by atoms with Crippen LogP contribution in [-0.4, -0.2) is 21.5 Å². The zero-order chi connectivity index (χ0) is 15.1. The third kappa shape index (κ3) is 2.60. The number of halogens is 3. The largest absolute Gasteiger partial charge is 0.416 e. The van der Waals surface area contributed by atoms with Crippen molar-refractivity contribution in [2.75, 3.05) is 7.05 Å². The van der Waals surface area contributed by atoms with Crippen LogP contribution >= 0.6 is 0 Å². The Morgan fingerprint density at radius 3 is 2.50 bits per heavy atom. The second-order valence-electron chi connectivity index (χ2n) is 4.76. The van der Waals surface area contributed by atoms with E-state index < -0.39 is 21.6 Å². The summed E-state index contributed by atoms with van der Waals surface area (Å²) in [6.45, 7) is 1.81. The third-order valence-corrected chi connectivity index (χ3v) is 5.21. The highest BCUT2D eigenvalue weighted by molar-refractivity contribution is 7.95. The Bertz CT molecular complexity index is 663. The molecule has 0 radical (unpaired) electrons. The number of rotatable bonds is 3. The molecule has 1 N–H and O–H groups in total. The van der Waals surface area contributed by atoms with Gasteiger partial charge in [-0.05, 0) is 50.2 Å². The van der Waals surface area contributed by atoms with Gasteiger partial charge in [0.25, 0.3) is 0 Å². The maximum Gasteiger partial charge on any atom is 0.416 e. The van der Waals surface area contributed by atoms with Gasteiger partial charge in [-0.15, -0.1) is 0 Å². The molecule has 0 aromatic heterocycles. The fourth-order valence-corrected chi connectivity index (χ4v) is 3.76. The van der Waals surface area contributed by atoms with Crippen molar-refractivity contribution in [1.82, 2.24) is 5.32 Å². The van der Waals surface area contributed by atoms with E-state index in [1.165, 1.54) is 6.08 Å². The van der Waals surface area contributed by atoms with Gasteiger partial charge in [0.05, 0.1) is 15.4 Å². The summed E-state index contributed by atoms with van der Waals surface area (Å²) in [5.41, 5.74) is -0.733. The zero-order valence-electron chi connectivity index (χ0n) is 11.0. The van der Waals surface area contributed by atoms with Gasteiger partial charge < -0.3 is 5.32 Å². The van der Waals surface area contributed by atoms with Crippen molar-refractivity contribution < 1.29 is 21.6 Å². The lowest BCUT2D eigenvalue weighted by atomic mass is 10.1. The topological polar surface area (TPSA) is 46.2 Å². The highest BCUT2D eigenvalue weighted by Gasteiger charge is 2.35. The lowest BCUT2D eigenvalue weighted by Gasteiger charge is -2.10. The fourth-order valence-electron chi connectivity index (χ4n) is 2.05. The molecule has 7 heteroatoms. The lowest BCUT2D eigenvalue weighted by Crippen LogP contribution is -2.22. The number of benzene rings is 1. The van der Waals surface area contributed by atoms with Gasteiger partial charge in [-0.1, -0.05) is 0 Å². The Hall–Kier alpha value is -1.34. The molecule has 1 aliphatic rings. The normalized spacial score (nSPS) is 18.6. The van der Waals surface area contributed by atoms with Crippen molar-refractivity contribution in [2.45, 2.75) is 30.5 Å². The van der Waals surface area contributed by atoms with Gasteiger partial charge >= 0.3 is 6.18 Å². The number of hydrogen-bond donors (Lipinski definition) is 1. The first-order valence-electron chi connectivity index (χ1n) is 6.00. The molecule has 1 aromatic rings. The molecule has 2 rings (SSSR count). The molecule has 1 aliphatic heterocycles. The van der Waals surface area contributed by atoms with Crippen LogP contribution in [0.25, 0.3) is 6.08 Å². The molecule has 1 atom stereocenters. The maximum absolute atomic E-state index is 12.6. The van der Waals surface area contributed by atoms with E-state index in [1.807, 2.05) is 0 Å². The first-order valence-corrected chi connectivity index (χ1v) is 7.48. The summed E-state index contributed by atoms with van der Waals surface area (Å²) in [4.78, 5) is 0.0949. The summed E-state index contributed by atoms with van der Waals surface area (Å²) in [6, 6.07) is 2.63. The molecular weight excluding hydrogens is 291 g/mol. The number of sulfone groups is 1. The van der Waals surface area contributed by atoms with Crippen LogP contribution in [0.15, 0.2) is 28.0 Å². The van der Waals surface area contributed by atoms with Crippen LogP contribution in [0.2, 0.25) is 0 Å². The van der Waals surface area contributed by atoms with Gasteiger partial charge in [-0.3, -0.25) is 0 Å². The predicted molar refractivity (Wildman–Crippen MR) is 69.7 cm³/mol. The minimum atomic E-state index is -4.48. The number of alkyl halides is 3. The smallest absolute Gasteiger partial charge is 0.317 e. The molecule has 0 saturated carbocycles. The molecule has 0 aliphatic carbocycles. The summed E-state index contributed by atoms with van der Waals surface area (Å²) in [7, 11) is -1.96. The van der Waals surface area contributed by atoms with Crippen molar-refractivity contribution in [2.24, 2.45) is 0 Å². The van der Waals surface area contributed by atoms with Crippen molar-refractivity contribution in [1.29, 1.82) is 0 Å². The Labute approximate surface area is 115 Å². The van der Waals surface area contributed by atoms with Crippen molar-refractivity contribution in [3.05, 3.63) is 34.2 Å². The summed E-state index contributed by atoms with van der Waals surface area (Å²) in [5, 5.41) is 2.91. The highest BCUT2D eigenvalue weighted by Crippen LogP contribution is 2.38. The summed E-state index contributed by atoms with van der Waals surface area (Å²) in [6.07, 6.45) is -2.91. The van der Waals surface area contributed by atoms with Crippen LogP contribution in [-0.2, 0) is 16.0 Å². The van der Waals surface area contributed by atoms with E-state index in [9.17, 15) is 21.6 Å². The monoisotopic (exact) mass is 305 g/mol. The van der Waals surface area contributed by atoms with Crippen LogP contribution in [0.4, 0.5) is 13.2 Å². The van der Waals surface area contributed by atoms with E-state index in [2.05, 4.69) is 5.32 Å². The van der Waals surface area contributed by atoms with E-state index in [0.717, 1.165) is 18.2 Å². The van der Waals surface area contributed by atoms with Gasteiger partial charge in [0.1, 0.15) is 0 Å². The molecule has 110 valence electrons. The molecule has 0 fully saturated rings. The van der Waals surface area contributed by atoms with Crippen LogP contribution in [0.5, 0.6) is 0 Å². The van der Waals surface area contributed by atoms with Gasteiger partial charge in [-0.2, -0.15) is 13.2 Å². The van der Waals surface area contributed by atoms with E-state index in [4.69, 9.17) is 0 Å².